The highest BCUT2D eigenvalue weighted by Crippen LogP contribution is 2.41. The van der Waals surface area contributed by atoms with Gasteiger partial charge < -0.3 is 4.42 Å². The standard InChI is InChI=1S/C17H14ClN3OS3/c1-9(2)16-19-10(7-23-16)8-24-17-21-20-15(22-17)14-13(18)11-5-3-4-6-12(11)25-14/h3-7,9H,8H2,1-2H3. The topological polar surface area (TPSA) is 51.8 Å². The molecule has 0 aliphatic carbocycles. The quantitative estimate of drug-likeness (QED) is 0.354. The molecular formula is C17H14ClN3OS3. The Morgan fingerprint density at radius 1 is 1.24 bits per heavy atom. The predicted molar refractivity (Wildman–Crippen MR) is 106 cm³/mol. The summed E-state index contributed by atoms with van der Waals surface area (Å²) in [5, 5.41) is 13.7. The normalized spacial score (nSPS) is 11.7. The van der Waals surface area contributed by atoms with Crippen LogP contribution in [0.15, 0.2) is 39.3 Å². The van der Waals surface area contributed by atoms with Gasteiger partial charge in [0, 0.05) is 27.1 Å². The zero-order valence-corrected chi connectivity index (χ0v) is 16.7. The van der Waals surface area contributed by atoms with E-state index < -0.39 is 0 Å². The maximum Gasteiger partial charge on any atom is 0.277 e. The van der Waals surface area contributed by atoms with E-state index in [1.165, 1.54) is 11.8 Å². The number of hydrogen-bond donors (Lipinski definition) is 0. The number of benzene rings is 1. The molecule has 0 atom stereocenters. The lowest BCUT2D eigenvalue weighted by molar-refractivity contribution is 0.466. The summed E-state index contributed by atoms with van der Waals surface area (Å²) in [6, 6.07) is 8.00. The van der Waals surface area contributed by atoms with E-state index in [4.69, 9.17) is 16.0 Å². The van der Waals surface area contributed by atoms with Crippen molar-refractivity contribution in [1.82, 2.24) is 15.2 Å². The van der Waals surface area contributed by atoms with Crippen LogP contribution in [-0.4, -0.2) is 15.2 Å². The number of fused-ring (bicyclic) bond motifs is 1. The van der Waals surface area contributed by atoms with Gasteiger partial charge in [-0.1, -0.05) is 55.4 Å². The molecule has 0 radical (unpaired) electrons. The minimum absolute atomic E-state index is 0.453. The Morgan fingerprint density at radius 2 is 2.08 bits per heavy atom. The Morgan fingerprint density at radius 3 is 2.84 bits per heavy atom. The molecule has 4 aromatic rings. The average molecular weight is 408 g/mol. The maximum absolute atomic E-state index is 6.47. The van der Waals surface area contributed by atoms with Crippen molar-refractivity contribution < 1.29 is 4.42 Å². The first-order chi connectivity index (χ1) is 12.1. The zero-order chi connectivity index (χ0) is 17.4. The molecule has 1 aromatic carbocycles. The highest BCUT2D eigenvalue weighted by atomic mass is 35.5. The Kier molecular flexibility index (Phi) is 4.82. The molecule has 3 heterocycles. The van der Waals surface area contributed by atoms with Crippen LogP contribution in [-0.2, 0) is 5.75 Å². The summed E-state index contributed by atoms with van der Waals surface area (Å²) in [5.41, 5.74) is 1.04. The number of nitrogens with zero attached hydrogens (tertiary/aromatic N) is 3. The highest BCUT2D eigenvalue weighted by molar-refractivity contribution is 7.98. The number of aromatic nitrogens is 3. The third kappa shape index (κ3) is 3.46. The molecule has 0 amide bonds. The molecule has 0 fully saturated rings. The van der Waals surface area contributed by atoms with Crippen LogP contribution in [0.2, 0.25) is 5.02 Å². The van der Waals surface area contributed by atoms with E-state index in [1.54, 1.807) is 22.7 Å². The first-order valence-corrected chi connectivity index (χ1v) is 10.8. The number of hydrogen-bond acceptors (Lipinski definition) is 7. The molecule has 0 unspecified atom stereocenters. The number of rotatable bonds is 5. The monoisotopic (exact) mass is 407 g/mol. The van der Waals surface area contributed by atoms with Gasteiger partial charge in [0.15, 0.2) is 0 Å². The van der Waals surface area contributed by atoms with Crippen LogP contribution in [0.4, 0.5) is 0 Å². The molecule has 0 bridgehead atoms. The van der Waals surface area contributed by atoms with Crippen molar-refractivity contribution >= 4 is 56.1 Å². The van der Waals surface area contributed by atoms with Gasteiger partial charge in [-0.15, -0.1) is 32.9 Å². The van der Waals surface area contributed by atoms with E-state index in [0.717, 1.165) is 25.7 Å². The largest absolute Gasteiger partial charge is 0.410 e. The van der Waals surface area contributed by atoms with Crippen LogP contribution in [0.25, 0.3) is 20.9 Å². The second-order valence-corrected chi connectivity index (χ2v) is 8.98. The van der Waals surface area contributed by atoms with Crippen molar-refractivity contribution in [3.05, 3.63) is 45.4 Å². The Labute approximate surface area is 162 Å². The molecular weight excluding hydrogens is 394 g/mol. The van der Waals surface area contributed by atoms with E-state index in [0.29, 0.717) is 27.8 Å². The summed E-state index contributed by atoms with van der Waals surface area (Å²) < 4.78 is 6.91. The minimum atomic E-state index is 0.453. The van der Waals surface area contributed by atoms with Crippen molar-refractivity contribution in [3.8, 4) is 10.8 Å². The lowest BCUT2D eigenvalue weighted by atomic mass is 10.2. The number of halogens is 1. The van der Waals surface area contributed by atoms with Gasteiger partial charge in [-0.25, -0.2) is 4.98 Å². The van der Waals surface area contributed by atoms with Crippen molar-refractivity contribution in [2.75, 3.05) is 0 Å². The average Bonchev–Trinajstić information content (AvgIpc) is 3.32. The molecule has 0 saturated carbocycles. The molecule has 25 heavy (non-hydrogen) atoms. The smallest absolute Gasteiger partial charge is 0.277 e. The Bertz CT molecular complexity index is 1020. The van der Waals surface area contributed by atoms with Crippen LogP contribution >= 0.6 is 46.0 Å². The lowest BCUT2D eigenvalue weighted by Gasteiger charge is -1.96. The summed E-state index contributed by atoms with van der Waals surface area (Å²) in [6.45, 7) is 4.30. The van der Waals surface area contributed by atoms with Crippen LogP contribution in [0.1, 0.15) is 30.5 Å². The van der Waals surface area contributed by atoms with Gasteiger partial charge in [0.1, 0.15) is 4.88 Å². The molecule has 3 aromatic heterocycles. The molecule has 4 nitrogen and oxygen atoms in total. The molecule has 4 rings (SSSR count). The van der Waals surface area contributed by atoms with E-state index in [2.05, 4.69) is 34.4 Å². The van der Waals surface area contributed by atoms with Crippen LogP contribution in [0, 0.1) is 0 Å². The second-order valence-electron chi connectivity index (χ2n) is 5.73. The van der Waals surface area contributed by atoms with E-state index in [1.807, 2.05) is 24.3 Å². The summed E-state index contributed by atoms with van der Waals surface area (Å²) in [4.78, 5) is 5.44. The van der Waals surface area contributed by atoms with Gasteiger partial charge >= 0.3 is 0 Å². The van der Waals surface area contributed by atoms with Crippen molar-refractivity contribution in [2.45, 2.75) is 30.7 Å². The fourth-order valence-corrected chi connectivity index (χ4v) is 5.33. The first kappa shape index (κ1) is 17.0. The summed E-state index contributed by atoms with van der Waals surface area (Å²) in [5.74, 6) is 1.63. The van der Waals surface area contributed by atoms with Crippen molar-refractivity contribution in [1.29, 1.82) is 0 Å². The molecule has 0 N–H and O–H groups in total. The Balaban J connectivity index is 1.52. The first-order valence-electron chi connectivity index (χ1n) is 7.70. The van der Waals surface area contributed by atoms with Gasteiger partial charge in [-0.3, -0.25) is 0 Å². The van der Waals surface area contributed by atoms with E-state index in [9.17, 15) is 0 Å². The molecule has 0 spiro atoms. The summed E-state index contributed by atoms with van der Waals surface area (Å²) in [7, 11) is 0. The van der Waals surface area contributed by atoms with Gasteiger partial charge in [0.25, 0.3) is 11.1 Å². The molecule has 0 aliphatic heterocycles. The molecule has 128 valence electrons. The number of thiophene rings is 1. The number of thiazole rings is 1. The SMILES string of the molecule is CC(C)c1nc(CSc2nnc(-c3sc4ccccc4c3Cl)o2)cs1. The number of thioether (sulfide) groups is 1. The van der Waals surface area contributed by atoms with Crippen LogP contribution in [0.3, 0.4) is 0 Å². The highest BCUT2D eigenvalue weighted by Gasteiger charge is 2.18. The molecule has 8 heteroatoms. The van der Waals surface area contributed by atoms with Gasteiger partial charge in [0.05, 0.1) is 15.7 Å². The Hall–Kier alpha value is -1.41. The lowest BCUT2D eigenvalue weighted by Crippen LogP contribution is -1.87. The fourth-order valence-electron chi connectivity index (χ4n) is 2.30. The van der Waals surface area contributed by atoms with E-state index in [-0.39, 0.29) is 0 Å². The third-order valence-corrected chi connectivity index (χ3v) is 7.25. The van der Waals surface area contributed by atoms with Crippen molar-refractivity contribution in [3.63, 3.8) is 0 Å². The van der Waals surface area contributed by atoms with Crippen molar-refractivity contribution in [2.24, 2.45) is 0 Å². The van der Waals surface area contributed by atoms with Crippen LogP contribution in [0.5, 0.6) is 0 Å². The van der Waals surface area contributed by atoms with E-state index >= 15 is 0 Å². The summed E-state index contributed by atoms with van der Waals surface area (Å²) in [6.07, 6.45) is 0. The molecule has 0 saturated heterocycles. The fraction of sp³-hybridized carbons (Fsp3) is 0.235. The zero-order valence-electron chi connectivity index (χ0n) is 13.5. The third-order valence-electron chi connectivity index (χ3n) is 3.54. The maximum atomic E-state index is 6.47. The summed E-state index contributed by atoms with van der Waals surface area (Å²) >= 11 is 11.2. The second kappa shape index (κ2) is 7.07. The van der Waals surface area contributed by atoms with Crippen LogP contribution < -0.4 is 0 Å². The van der Waals surface area contributed by atoms with Gasteiger partial charge in [0.2, 0.25) is 0 Å². The molecule has 0 aliphatic rings. The predicted octanol–water partition coefficient (Wildman–Crippen LogP) is 6.48. The van der Waals surface area contributed by atoms with Gasteiger partial charge in [-0.05, 0) is 6.07 Å². The minimum Gasteiger partial charge on any atom is -0.410 e. The van der Waals surface area contributed by atoms with Gasteiger partial charge in [-0.2, -0.15) is 0 Å².